The van der Waals surface area contributed by atoms with Gasteiger partial charge in [0.25, 0.3) is 5.91 Å². The Bertz CT molecular complexity index is 609. The highest BCUT2D eigenvalue weighted by molar-refractivity contribution is 5.93. The molecule has 3 N–H and O–H groups in total. The number of hydrogen-bond donors (Lipinski definition) is 2. The van der Waals surface area contributed by atoms with Gasteiger partial charge in [0, 0.05) is 5.56 Å². The quantitative estimate of drug-likeness (QED) is 0.787. The predicted octanol–water partition coefficient (Wildman–Crippen LogP) is -0.326. The number of imide groups is 1. The van der Waals surface area contributed by atoms with Crippen molar-refractivity contribution in [2.75, 3.05) is 0 Å². The number of hydrogen-bond acceptors (Lipinski definition) is 5. The van der Waals surface area contributed by atoms with Crippen LogP contribution in [0.15, 0.2) is 24.3 Å². The lowest BCUT2D eigenvalue weighted by Gasteiger charge is -1.98. The summed E-state index contributed by atoms with van der Waals surface area (Å²) in [6.45, 7) is -0.295. The third-order valence-corrected chi connectivity index (χ3v) is 2.10. The third-order valence-electron chi connectivity index (χ3n) is 2.10. The van der Waals surface area contributed by atoms with E-state index in [1.807, 2.05) is 5.32 Å². The van der Waals surface area contributed by atoms with Gasteiger partial charge in [0.05, 0.1) is 0 Å². The normalized spacial score (nSPS) is 10.2. The van der Waals surface area contributed by atoms with E-state index in [0.29, 0.717) is 5.56 Å². The van der Waals surface area contributed by atoms with E-state index >= 15 is 0 Å². The monoisotopic (exact) mass is 264 g/mol. The van der Waals surface area contributed by atoms with Crippen molar-refractivity contribution in [3.05, 3.63) is 30.1 Å². The van der Waals surface area contributed by atoms with E-state index in [1.165, 1.54) is 24.3 Å². The van der Waals surface area contributed by atoms with Crippen LogP contribution in [0.1, 0.15) is 0 Å². The molecule has 3 amide bonds. The van der Waals surface area contributed by atoms with Gasteiger partial charge in [-0.1, -0.05) is 0 Å². The second-order valence-corrected chi connectivity index (χ2v) is 3.56. The Morgan fingerprint density at radius 3 is 2.63 bits per heavy atom. The maximum atomic E-state index is 12.7. The Morgan fingerprint density at radius 2 is 2.00 bits per heavy atom. The maximum Gasteiger partial charge on any atom is 0.318 e. The molecule has 9 heteroatoms. The first-order chi connectivity index (χ1) is 9.04. The van der Waals surface area contributed by atoms with Crippen LogP contribution in [0.25, 0.3) is 11.4 Å². The smallest absolute Gasteiger partial charge is 0.318 e. The summed E-state index contributed by atoms with van der Waals surface area (Å²) in [4.78, 5) is 22.7. The van der Waals surface area contributed by atoms with E-state index in [4.69, 9.17) is 5.73 Å². The van der Waals surface area contributed by atoms with Gasteiger partial charge < -0.3 is 5.73 Å². The molecule has 0 bridgehead atoms. The van der Waals surface area contributed by atoms with Gasteiger partial charge >= 0.3 is 6.03 Å². The van der Waals surface area contributed by atoms with Gasteiger partial charge in [-0.2, -0.15) is 4.80 Å². The molecule has 19 heavy (non-hydrogen) atoms. The fraction of sp³-hybridized carbons (Fsp3) is 0.100. The van der Waals surface area contributed by atoms with Crippen LogP contribution in [0, 0.1) is 5.82 Å². The average molecular weight is 264 g/mol. The molecule has 1 aromatic carbocycles. The van der Waals surface area contributed by atoms with Crippen molar-refractivity contribution >= 4 is 11.9 Å². The number of rotatable bonds is 3. The maximum absolute atomic E-state index is 12.7. The molecule has 2 aromatic rings. The lowest BCUT2D eigenvalue weighted by atomic mass is 10.2. The highest BCUT2D eigenvalue weighted by Gasteiger charge is 2.10. The first-order valence-corrected chi connectivity index (χ1v) is 5.17. The molecule has 0 atom stereocenters. The van der Waals surface area contributed by atoms with Gasteiger partial charge in [-0.25, -0.2) is 9.18 Å². The second kappa shape index (κ2) is 5.21. The lowest BCUT2D eigenvalue weighted by molar-refractivity contribution is -0.120. The Kier molecular flexibility index (Phi) is 3.46. The van der Waals surface area contributed by atoms with Crippen molar-refractivity contribution < 1.29 is 14.0 Å². The van der Waals surface area contributed by atoms with Crippen LogP contribution in [0.2, 0.25) is 0 Å². The molecular weight excluding hydrogens is 255 g/mol. The third kappa shape index (κ3) is 3.31. The molecule has 2 rings (SSSR count). The Balaban J connectivity index is 2.09. The number of carbonyl (C=O) groups is 2. The fourth-order valence-electron chi connectivity index (χ4n) is 1.33. The highest BCUT2D eigenvalue weighted by Crippen LogP contribution is 2.13. The van der Waals surface area contributed by atoms with E-state index in [1.54, 1.807) is 0 Å². The topological polar surface area (TPSA) is 116 Å². The molecule has 0 aliphatic heterocycles. The van der Waals surface area contributed by atoms with Crippen LogP contribution >= 0.6 is 0 Å². The minimum atomic E-state index is -0.955. The summed E-state index contributed by atoms with van der Waals surface area (Å²) in [7, 11) is 0. The van der Waals surface area contributed by atoms with Crippen LogP contribution in [-0.4, -0.2) is 32.1 Å². The van der Waals surface area contributed by atoms with Crippen LogP contribution < -0.4 is 11.1 Å². The zero-order valence-electron chi connectivity index (χ0n) is 9.58. The second-order valence-electron chi connectivity index (χ2n) is 3.56. The van der Waals surface area contributed by atoms with Gasteiger partial charge in [-0.3, -0.25) is 10.1 Å². The number of nitrogens with zero attached hydrogens (tertiary/aromatic N) is 4. The Morgan fingerprint density at radius 1 is 1.32 bits per heavy atom. The van der Waals surface area contributed by atoms with Gasteiger partial charge in [-0.15, -0.1) is 10.2 Å². The van der Waals surface area contributed by atoms with Crippen LogP contribution in [0.5, 0.6) is 0 Å². The summed E-state index contributed by atoms with van der Waals surface area (Å²) < 4.78 is 12.7. The molecule has 0 saturated heterocycles. The van der Waals surface area contributed by atoms with Gasteiger partial charge in [-0.05, 0) is 29.5 Å². The van der Waals surface area contributed by atoms with Crippen LogP contribution in [0.3, 0.4) is 0 Å². The van der Waals surface area contributed by atoms with Gasteiger partial charge in [0.2, 0.25) is 5.82 Å². The van der Waals surface area contributed by atoms with Crippen molar-refractivity contribution in [1.82, 2.24) is 25.5 Å². The molecule has 0 aliphatic carbocycles. The molecule has 0 unspecified atom stereocenters. The van der Waals surface area contributed by atoms with Crippen molar-refractivity contribution in [3.8, 4) is 11.4 Å². The molecule has 0 radical (unpaired) electrons. The molecule has 0 aliphatic rings. The lowest BCUT2D eigenvalue weighted by Crippen LogP contribution is -2.37. The standard InChI is InChI=1S/C10H9FN6O2/c11-7-3-1-6(2-4-7)9-14-16-17(15-9)5-8(18)13-10(12)19/h1-4H,5H2,(H3,12,13,18,19). The molecule has 0 saturated carbocycles. The van der Waals surface area contributed by atoms with Crippen molar-refractivity contribution in [3.63, 3.8) is 0 Å². The van der Waals surface area contributed by atoms with Crippen molar-refractivity contribution in [2.24, 2.45) is 5.73 Å². The summed E-state index contributed by atoms with van der Waals surface area (Å²) in [6.07, 6.45) is 0. The number of nitrogens with two attached hydrogens (primary N) is 1. The first kappa shape index (κ1) is 12.6. The van der Waals surface area contributed by atoms with Crippen LogP contribution in [-0.2, 0) is 11.3 Å². The highest BCUT2D eigenvalue weighted by atomic mass is 19.1. The van der Waals surface area contributed by atoms with E-state index in [2.05, 4.69) is 15.4 Å². The molecule has 1 aromatic heterocycles. The summed E-state index contributed by atoms with van der Waals surface area (Å²) in [5.41, 5.74) is 5.34. The minimum absolute atomic E-state index is 0.242. The summed E-state index contributed by atoms with van der Waals surface area (Å²) in [6, 6.07) is 4.54. The molecule has 98 valence electrons. The van der Waals surface area contributed by atoms with Gasteiger partial charge in [0.1, 0.15) is 12.4 Å². The molecule has 8 nitrogen and oxygen atoms in total. The zero-order chi connectivity index (χ0) is 13.8. The minimum Gasteiger partial charge on any atom is -0.351 e. The van der Waals surface area contributed by atoms with Crippen molar-refractivity contribution in [2.45, 2.75) is 6.54 Å². The van der Waals surface area contributed by atoms with Crippen molar-refractivity contribution in [1.29, 1.82) is 0 Å². The number of benzene rings is 1. The number of nitrogens with one attached hydrogen (secondary N) is 1. The van der Waals surface area contributed by atoms with E-state index in [0.717, 1.165) is 4.80 Å². The van der Waals surface area contributed by atoms with Gasteiger partial charge in [0.15, 0.2) is 0 Å². The predicted molar refractivity (Wildman–Crippen MR) is 60.9 cm³/mol. The average Bonchev–Trinajstić information content (AvgIpc) is 2.77. The SMILES string of the molecule is NC(=O)NC(=O)Cn1nnc(-c2ccc(F)cc2)n1. The zero-order valence-corrected chi connectivity index (χ0v) is 9.58. The van der Waals surface area contributed by atoms with E-state index in [9.17, 15) is 14.0 Å². The Hall–Kier alpha value is -2.84. The number of tetrazole rings is 1. The number of urea groups is 1. The number of amides is 3. The molecular formula is C10H9FN6O2. The van der Waals surface area contributed by atoms with E-state index in [-0.39, 0.29) is 18.2 Å². The van der Waals surface area contributed by atoms with Crippen LogP contribution in [0.4, 0.5) is 9.18 Å². The Labute approximate surface area is 106 Å². The largest absolute Gasteiger partial charge is 0.351 e. The molecule has 1 heterocycles. The molecule has 0 fully saturated rings. The van der Waals surface area contributed by atoms with E-state index < -0.39 is 11.9 Å². The number of halogens is 1. The summed E-state index contributed by atoms with van der Waals surface area (Å²) >= 11 is 0. The number of primary amides is 1. The number of carbonyl (C=O) groups excluding carboxylic acids is 2. The first-order valence-electron chi connectivity index (χ1n) is 5.17. The number of aromatic nitrogens is 4. The summed E-state index contributed by atoms with van der Waals surface area (Å²) in [5.74, 6) is -0.792. The molecule has 0 spiro atoms. The fourth-order valence-corrected chi connectivity index (χ4v) is 1.33. The summed E-state index contributed by atoms with van der Waals surface area (Å²) in [5, 5.41) is 13.1.